The third kappa shape index (κ3) is 4.97. The molecule has 0 aliphatic carbocycles. The van der Waals surface area contributed by atoms with Crippen LogP contribution in [-0.4, -0.2) is 65.9 Å². The number of sulfonamides is 1. The molecule has 0 spiro atoms. The van der Waals surface area contributed by atoms with E-state index in [1.54, 1.807) is 14.2 Å². The van der Waals surface area contributed by atoms with Gasteiger partial charge in [0.2, 0.25) is 0 Å². The van der Waals surface area contributed by atoms with Crippen LogP contribution >= 0.6 is 0 Å². The Morgan fingerprint density at radius 3 is 2.73 bits per heavy atom. The third-order valence-electron chi connectivity index (χ3n) is 3.66. The Labute approximate surface area is 151 Å². The van der Waals surface area contributed by atoms with Crippen molar-refractivity contribution in [1.29, 1.82) is 0 Å². The van der Waals surface area contributed by atoms with Gasteiger partial charge in [-0.1, -0.05) is 0 Å². The summed E-state index contributed by atoms with van der Waals surface area (Å²) in [6, 6.07) is 3.67. The molecule has 0 amide bonds. The summed E-state index contributed by atoms with van der Waals surface area (Å²) in [6.45, 7) is 1.60. The first-order valence-corrected chi connectivity index (χ1v) is 9.33. The zero-order chi connectivity index (χ0) is 19.2. The molecule has 0 aromatic heterocycles. The first kappa shape index (κ1) is 20.2. The van der Waals surface area contributed by atoms with E-state index in [0.29, 0.717) is 38.3 Å². The normalized spacial score (nSPS) is 17.7. The molecule has 11 heteroatoms. The summed E-state index contributed by atoms with van der Waals surface area (Å²) in [5, 5.41) is 10.8. The minimum absolute atomic E-state index is 0.135. The predicted octanol–water partition coefficient (Wildman–Crippen LogP) is 0.701. The molecule has 0 fully saturated rings. The number of nitrogens with one attached hydrogen (secondary N) is 1. The second kappa shape index (κ2) is 9.03. The van der Waals surface area contributed by atoms with E-state index >= 15 is 0 Å². The summed E-state index contributed by atoms with van der Waals surface area (Å²) in [5.41, 5.74) is 0.0450. The largest absolute Gasteiger partial charge is 0.382 e. The first-order valence-electron chi connectivity index (χ1n) is 7.84. The van der Waals surface area contributed by atoms with Gasteiger partial charge in [0.25, 0.3) is 15.7 Å². The molecule has 144 valence electrons. The number of hydrogen-bond donors (Lipinski definition) is 1. The van der Waals surface area contributed by atoms with Gasteiger partial charge >= 0.3 is 0 Å². The molecular formula is C15H21N3O7S. The van der Waals surface area contributed by atoms with Gasteiger partial charge in [-0.25, -0.2) is 8.42 Å². The zero-order valence-corrected chi connectivity index (χ0v) is 15.3. The molecule has 1 aliphatic heterocycles. The van der Waals surface area contributed by atoms with E-state index in [-0.39, 0.29) is 22.5 Å². The maximum absolute atomic E-state index is 12.1. The van der Waals surface area contributed by atoms with Crippen LogP contribution in [0.2, 0.25) is 0 Å². The number of aliphatic imine (C=N–C) groups is 1. The fourth-order valence-electron chi connectivity index (χ4n) is 2.34. The molecule has 2 rings (SSSR count). The highest BCUT2D eigenvalue weighted by atomic mass is 32.2. The lowest BCUT2D eigenvalue weighted by molar-refractivity contribution is -0.385. The molecule has 10 nitrogen and oxygen atoms in total. The van der Waals surface area contributed by atoms with Crippen molar-refractivity contribution in [2.75, 3.05) is 40.6 Å². The lowest BCUT2D eigenvalue weighted by Gasteiger charge is -2.14. The zero-order valence-electron chi connectivity index (χ0n) is 14.5. The van der Waals surface area contributed by atoms with Crippen LogP contribution in [0.4, 0.5) is 5.69 Å². The summed E-state index contributed by atoms with van der Waals surface area (Å²) < 4.78 is 42.1. The van der Waals surface area contributed by atoms with Crippen molar-refractivity contribution >= 4 is 21.5 Å². The molecule has 26 heavy (non-hydrogen) atoms. The highest BCUT2D eigenvalue weighted by Crippen LogP contribution is 2.27. The lowest BCUT2D eigenvalue weighted by Crippen LogP contribution is -2.24. The molecule has 1 heterocycles. The van der Waals surface area contributed by atoms with E-state index in [9.17, 15) is 18.5 Å². The maximum Gasteiger partial charge on any atom is 0.270 e. The average molecular weight is 387 g/mol. The van der Waals surface area contributed by atoms with Gasteiger partial charge in [0.05, 0.1) is 18.1 Å². The molecule has 0 radical (unpaired) electrons. The fourth-order valence-corrected chi connectivity index (χ4v) is 3.61. The number of ether oxygens (including phenoxy) is 3. The highest BCUT2D eigenvalue weighted by Gasteiger charge is 2.32. The summed E-state index contributed by atoms with van der Waals surface area (Å²) >= 11 is 0. The number of hydrogen-bond acceptors (Lipinski definition) is 8. The van der Waals surface area contributed by atoms with Crippen LogP contribution < -0.4 is 4.72 Å². The van der Waals surface area contributed by atoms with E-state index < -0.39 is 14.9 Å². The van der Waals surface area contributed by atoms with Crippen molar-refractivity contribution in [2.24, 2.45) is 4.99 Å². The van der Waals surface area contributed by atoms with Crippen molar-refractivity contribution in [3.8, 4) is 0 Å². The van der Waals surface area contributed by atoms with Crippen LogP contribution in [0.15, 0.2) is 28.1 Å². The molecule has 0 saturated carbocycles. The number of nitrogens with zero attached hydrogens (tertiary/aromatic N) is 2. The van der Waals surface area contributed by atoms with Crippen molar-refractivity contribution in [3.05, 3.63) is 33.9 Å². The molecular weight excluding hydrogens is 366 g/mol. The average Bonchev–Trinajstić information content (AvgIpc) is 2.87. The molecule has 0 saturated heterocycles. The molecule has 1 aromatic carbocycles. The van der Waals surface area contributed by atoms with Crippen LogP contribution in [0.3, 0.4) is 0 Å². The Morgan fingerprint density at radius 2 is 2.08 bits per heavy atom. The number of nitro groups is 1. The van der Waals surface area contributed by atoms with E-state index in [2.05, 4.69) is 9.71 Å². The van der Waals surface area contributed by atoms with Crippen LogP contribution in [-0.2, 0) is 24.2 Å². The molecule has 1 atom stereocenters. The number of rotatable bonds is 10. The van der Waals surface area contributed by atoms with Gasteiger partial charge in [-0.2, -0.15) is 0 Å². The molecule has 1 aliphatic rings. The van der Waals surface area contributed by atoms with Crippen molar-refractivity contribution < 1.29 is 27.6 Å². The van der Waals surface area contributed by atoms with Crippen LogP contribution in [0.5, 0.6) is 0 Å². The number of amidine groups is 1. The van der Waals surface area contributed by atoms with E-state index in [4.69, 9.17) is 14.2 Å². The summed E-state index contributed by atoms with van der Waals surface area (Å²) in [7, 11) is -0.669. The van der Waals surface area contributed by atoms with Gasteiger partial charge in [-0.3, -0.25) is 19.8 Å². The number of nitro benzene ring substituents is 1. The predicted molar refractivity (Wildman–Crippen MR) is 92.9 cm³/mol. The monoisotopic (exact) mass is 387 g/mol. The van der Waals surface area contributed by atoms with E-state index in [1.807, 2.05) is 0 Å². The van der Waals surface area contributed by atoms with Gasteiger partial charge in [-0.05, 0) is 12.5 Å². The number of benzene rings is 1. The Balaban J connectivity index is 1.92. The Morgan fingerprint density at radius 1 is 1.31 bits per heavy atom. The number of methoxy groups -OCH3 is 2. The van der Waals surface area contributed by atoms with Gasteiger partial charge < -0.3 is 14.2 Å². The second-order valence-electron chi connectivity index (χ2n) is 5.51. The van der Waals surface area contributed by atoms with Gasteiger partial charge in [-0.15, -0.1) is 0 Å². The number of non-ortho nitro benzene ring substituents is 1. The van der Waals surface area contributed by atoms with Crippen LogP contribution in [0.1, 0.15) is 12.0 Å². The molecule has 1 unspecified atom stereocenters. The van der Waals surface area contributed by atoms with Crippen LogP contribution in [0.25, 0.3) is 0 Å². The third-order valence-corrected chi connectivity index (χ3v) is 5.04. The highest BCUT2D eigenvalue weighted by molar-refractivity contribution is 7.90. The Hall–Kier alpha value is -2.08. The Bertz CT molecular complexity index is 779. The van der Waals surface area contributed by atoms with Crippen molar-refractivity contribution in [1.82, 2.24) is 4.72 Å². The minimum Gasteiger partial charge on any atom is -0.382 e. The van der Waals surface area contributed by atoms with Gasteiger partial charge in [0.15, 0.2) is 0 Å². The Kier molecular flexibility index (Phi) is 7.03. The SMILES string of the molecule is COCC(COCCCN=C1NS(=O)(=O)c2cc([N+](=O)[O-])ccc21)OC. The summed E-state index contributed by atoms with van der Waals surface area (Å²) in [4.78, 5) is 14.3. The van der Waals surface area contributed by atoms with Crippen LogP contribution in [0, 0.1) is 10.1 Å². The summed E-state index contributed by atoms with van der Waals surface area (Å²) in [5.74, 6) is 0.184. The minimum atomic E-state index is -3.83. The lowest BCUT2D eigenvalue weighted by atomic mass is 10.2. The fraction of sp³-hybridized carbons (Fsp3) is 0.533. The number of fused-ring (bicyclic) bond motifs is 1. The van der Waals surface area contributed by atoms with Gasteiger partial charge in [0, 0.05) is 45.1 Å². The standard InChI is InChI=1S/C15H21N3O7S/c1-23-9-12(24-2)10-25-7-3-6-16-15-13-5-4-11(18(19)20)8-14(13)26(21,22)17-15/h4-5,8,12H,3,6-7,9-10H2,1-2H3,(H,16,17). The van der Waals surface area contributed by atoms with E-state index in [0.717, 1.165) is 6.07 Å². The first-order chi connectivity index (χ1) is 12.4. The van der Waals surface area contributed by atoms with Crippen molar-refractivity contribution in [2.45, 2.75) is 17.4 Å². The van der Waals surface area contributed by atoms with Crippen molar-refractivity contribution in [3.63, 3.8) is 0 Å². The molecule has 0 bridgehead atoms. The van der Waals surface area contributed by atoms with Gasteiger partial charge in [0.1, 0.15) is 16.8 Å². The molecule has 1 N–H and O–H groups in total. The van der Waals surface area contributed by atoms with E-state index in [1.165, 1.54) is 12.1 Å². The summed E-state index contributed by atoms with van der Waals surface area (Å²) in [6.07, 6.45) is 0.437. The maximum atomic E-state index is 12.1. The topological polar surface area (TPSA) is 129 Å². The molecule has 1 aromatic rings. The quantitative estimate of drug-likeness (QED) is 0.355. The second-order valence-corrected chi connectivity index (χ2v) is 7.17. The smallest absolute Gasteiger partial charge is 0.270 e.